The number of pyridine rings is 1. The lowest BCUT2D eigenvalue weighted by molar-refractivity contribution is -0.126. The lowest BCUT2D eigenvalue weighted by Gasteiger charge is -2.35. The zero-order chi connectivity index (χ0) is 21.7. The minimum atomic E-state index is -0.562. The van der Waals surface area contributed by atoms with Gasteiger partial charge in [0.15, 0.2) is 0 Å². The van der Waals surface area contributed by atoms with Crippen LogP contribution in [0.2, 0.25) is 10.0 Å². The number of hydrogen-bond donors (Lipinski definition) is 1. The SMILES string of the molecule is CC(=O)N(C[C@@H]1CN(Cc2ccc(Cl)c(Cl)c2)CCO1)Sc1cncc(C(N)=O)c1. The summed E-state index contributed by atoms with van der Waals surface area (Å²) in [4.78, 5) is 30.5. The highest BCUT2D eigenvalue weighted by Gasteiger charge is 2.25. The van der Waals surface area contributed by atoms with Crippen LogP contribution in [0.25, 0.3) is 0 Å². The highest BCUT2D eigenvalue weighted by molar-refractivity contribution is 7.97. The minimum Gasteiger partial charge on any atom is -0.374 e. The number of ether oxygens (including phenoxy) is 1. The first kappa shape index (κ1) is 22.8. The number of carbonyl (C=O) groups excluding carboxylic acids is 2. The average molecular weight is 469 g/mol. The molecule has 0 unspecified atom stereocenters. The van der Waals surface area contributed by atoms with Crippen molar-refractivity contribution in [3.63, 3.8) is 0 Å². The Morgan fingerprint density at radius 1 is 1.30 bits per heavy atom. The van der Waals surface area contributed by atoms with E-state index in [0.717, 1.165) is 12.1 Å². The second-order valence-corrected chi connectivity index (χ2v) is 8.83. The third kappa shape index (κ3) is 6.33. The normalized spacial score (nSPS) is 17.0. The van der Waals surface area contributed by atoms with Gasteiger partial charge in [-0.2, -0.15) is 0 Å². The molecule has 1 fully saturated rings. The highest BCUT2D eigenvalue weighted by Crippen LogP contribution is 2.26. The fraction of sp³-hybridized carbons (Fsp3) is 0.350. The molecular formula is C20H22Cl2N4O3S. The molecule has 1 aliphatic rings. The van der Waals surface area contributed by atoms with Crippen LogP contribution in [0.4, 0.5) is 0 Å². The third-order valence-corrected chi connectivity index (χ3v) is 6.35. The lowest BCUT2D eigenvalue weighted by atomic mass is 10.2. The Labute approximate surface area is 189 Å². The molecule has 30 heavy (non-hydrogen) atoms. The molecule has 0 aliphatic carbocycles. The van der Waals surface area contributed by atoms with Crippen molar-refractivity contribution in [1.29, 1.82) is 0 Å². The van der Waals surface area contributed by atoms with E-state index in [0.29, 0.717) is 46.7 Å². The van der Waals surface area contributed by atoms with Gasteiger partial charge in [-0.05, 0) is 35.7 Å². The number of amides is 2. The second kappa shape index (κ2) is 10.5. The molecule has 3 rings (SSSR count). The number of nitrogens with zero attached hydrogens (tertiary/aromatic N) is 3. The Bertz CT molecular complexity index is 931. The Hall–Kier alpha value is -1.84. The molecule has 2 N–H and O–H groups in total. The van der Waals surface area contributed by atoms with Crippen molar-refractivity contribution >= 4 is 47.0 Å². The van der Waals surface area contributed by atoms with Crippen LogP contribution < -0.4 is 5.73 Å². The van der Waals surface area contributed by atoms with Crippen LogP contribution in [0.15, 0.2) is 41.6 Å². The predicted molar refractivity (Wildman–Crippen MR) is 117 cm³/mol. The van der Waals surface area contributed by atoms with Crippen LogP contribution in [0.5, 0.6) is 0 Å². The van der Waals surface area contributed by atoms with Gasteiger partial charge in [-0.25, -0.2) is 0 Å². The molecule has 10 heteroatoms. The van der Waals surface area contributed by atoms with Crippen LogP contribution in [-0.2, 0) is 16.1 Å². The highest BCUT2D eigenvalue weighted by atomic mass is 35.5. The summed E-state index contributed by atoms with van der Waals surface area (Å²) in [5.74, 6) is -0.678. The van der Waals surface area contributed by atoms with Crippen LogP contribution in [-0.4, -0.2) is 58.3 Å². The monoisotopic (exact) mass is 468 g/mol. The molecule has 0 saturated carbocycles. The van der Waals surface area contributed by atoms with Gasteiger partial charge in [-0.3, -0.25) is 23.8 Å². The van der Waals surface area contributed by atoms with E-state index in [9.17, 15) is 9.59 Å². The Balaban J connectivity index is 1.62. The standard InChI is InChI=1S/C20H22Cl2N4O3S/c1-13(27)26(30-17-7-15(20(23)28)8-24-9-17)12-16-11-25(4-5-29-16)10-14-2-3-18(21)19(22)6-14/h2-3,6-9,16H,4-5,10-12H2,1H3,(H2,23,28)/t16-/m0/s1. The minimum absolute atomic E-state index is 0.116. The molecule has 0 bridgehead atoms. The molecule has 1 aromatic carbocycles. The summed E-state index contributed by atoms with van der Waals surface area (Å²) < 4.78 is 7.49. The van der Waals surface area contributed by atoms with Crippen molar-refractivity contribution in [3.05, 3.63) is 57.8 Å². The number of primary amides is 1. The quantitative estimate of drug-likeness (QED) is 0.627. The number of carbonyl (C=O) groups is 2. The molecule has 1 saturated heterocycles. The van der Waals surface area contributed by atoms with Crippen LogP contribution in [0.1, 0.15) is 22.8 Å². The van der Waals surface area contributed by atoms with Gasteiger partial charge in [0, 0.05) is 43.8 Å². The zero-order valence-electron chi connectivity index (χ0n) is 16.4. The number of nitrogens with two attached hydrogens (primary N) is 1. The number of aromatic nitrogens is 1. The Morgan fingerprint density at radius 2 is 2.10 bits per heavy atom. The Morgan fingerprint density at radius 3 is 2.80 bits per heavy atom. The van der Waals surface area contributed by atoms with Gasteiger partial charge in [-0.15, -0.1) is 0 Å². The Kier molecular flexibility index (Phi) is 7.96. The third-order valence-electron chi connectivity index (χ3n) is 4.55. The molecule has 160 valence electrons. The van der Waals surface area contributed by atoms with Gasteiger partial charge < -0.3 is 10.5 Å². The predicted octanol–water partition coefficient (Wildman–Crippen LogP) is 3.24. The van der Waals surface area contributed by atoms with Crippen molar-refractivity contribution in [3.8, 4) is 0 Å². The van der Waals surface area contributed by atoms with Crippen LogP contribution in [0, 0.1) is 0 Å². The first-order chi connectivity index (χ1) is 14.3. The molecule has 2 aromatic rings. The van der Waals surface area contributed by atoms with E-state index in [1.165, 1.54) is 25.1 Å². The van der Waals surface area contributed by atoms with E-state index >= 15 is 0 Å². The lowest BCUT2D eigenvalue weighted by Crippen LogP contribution is -2.46. The fourth-order valence-electron chi connectivity index (χ4n) is 3.08. The van der Waals surface area contributed by atoms with E-state index < -0.39 is 5.91 Å². The van der Waals surface area contributed by atoms with Gasteiger partial charge in [-0.1, -0.05) is 29.3 Å². The number of morpholine rings is 1. The van der Waals surface area contributed by atoms with Crippen molar-refractivity contribution < 1.29 is 14.3 Å². The van der Waals surface area contributed by atoms with Crippen molar-refractivity contribution in [2.75, 3.05) is 26.2 Å². The summed E-state index contributed by atoms with van der Waals surface area (Å²) in [5, 5.41) is 1.06. The fourth-order valence-corrected chi connectivity index (χ4v) is 4.31. The average Bonchev–Trinajstić information content (AvgIpc) is 2.71. The number of hydrogen-bond acceptors (Lipinski definition) is 6. The summed E-state index contributed by atoms with van der Waals surface area (Å²) in [6, 6.07) is 7.23. The van der Waals surface area contributed by atoms with Crippen LogP contribution >= 0.6 is 35.1 Å². The molecule has 7 nitrogen and oxygen atoms in total. The van der Waals surface area contributed by atoms with Crippen LogP contribution in [0.3, 0.4) is 0 Å². The smallest absolute Gasteiger partial charge is 0.250 e. The molecule has 1 aliphatic heterocycles. The first-order valence-electron chi connectivity index (χ1n) is 9.30. The van der Waals surface area contributed by atoms with E-state index in [-0.39, 0.29) is 12.0 Å². The van der Waals surface area contributed by atoms with Crippen molar-refractivity contribution in [2.24, 2.45) is 5.73 Å². The maximum atomic E-state index is 12.2. The maximum absolute atomic E-state index is 12.2. The summed E-state index contributed by atoms with van der Waals surface area (Å²) in [6.07, 6.45) is 2.84. The van der Waals surface area contributed by atoms with Gasteiger partial charge in [0.2, 0.25) is 11.8 Å². The van der Waals surface area contributed by atoms with Gasteiger partial charge >= 0.3 is 0 Å². The topological polar surface area (TPSA) is 88.8 Å². The van der Waals surface area contributed by atoms with E-state index in [2.05, 4.69) is 9.88 Å². The van der Waals surface area contributed by atoms with E-state index in [1.54, 1.807) is 22.6 Å². The maximum Gasteiger partial charge on any atom is 0.250 e. The molecule has 1 aromatic heterocycles. The van der Waals surface area contributed by atoms with Gasteiger partial charge in [0.05, 0.1) is 34.9 Å². The molecule has 0 radical (unpaired) electrons. The van der Waals surface area contributed by atoms with E-state index in [4.69, 9.17) is 33.7 Å². The summed E-state index contributed by atoms with van der Waals surface area (Å²) >= 11 is 13.3. The van der Waals surface area contributed by atoms with Crippen molar-refractivity contribution in [2.45, 2.75) is 24.5 Å². The summed E-state index contributed by atoms with van der Waals surface area (Å²) in [6.45, 7) is 4.64. The summed E-state index contributed by atoms with van der Waals surface area (Å²) in [5.41, 5.74) is 6.67. The first-order valence-corrected chi connectivity index (χ1v) is 10.8. The molecule has 2 heterocycles. The molecule has 0 spiro atoms. The van der Waals surface area contributed by atoms with Gasteiger partial charge in [0.25, 0.3) is 0 Å². The summed E-state index contributed by atoms with van der Waals surface area (Å²) in [7, 11) is 0. The number of rotatable bonds is 7. The van der Waals surface area contributed by atoms with E-state index in [1.807, 2.05) is 12.1 Å². The molecule has 2 amide bonds. The number of halogens is 2. The molecular weight excluding hydrogens is 447 g/mol. The van der Waals surface area contributed by atoms with Gasteiger partial charge in [0.1, 0.15) is 0 Å². The van der Waals surface area contributed by atoms with Crippen molar-refractivity contribution in [1.82, 2.24) is 14.2 Å². The number of benzene rings is 1. The largest absolute Gasteiger partial charge is 0.374 e. The zero-order valence-corrected chi connectivity index (χ0v) is 18.7. The second-order valence-electron chi connectivity index (χ2n) is 6.92. The molecule has 1 atom stereocenters.